The zero-order valence-corrected chi connectivity index (χ0v) is 16.1. The number of carbonyl (C=O) groups is 1. The lowest BCUT2D eigenvalue weighted by atomic mass is 10.1. The number of hydrogen-bond donors (Lipinski definition) is 2. The van der Waals surface area contributed by atoms with Gasteiger partial charge in [-0.15, -0.1) is 36.2 Å². The minimum absolute atomic E-state index is 0. The number of hydrogen-bond acceptors (Lipinski definition) is 4. The highest BCUT2D eigenvalue weighted by Gasteiger charge is 2.16. The first kappa shape index (κ1) is 21.8. The minimum Gasteiger partial charge on any atom is -0.351 e. The van der Waals surface area contributed by atoms with Gasteiger partial charge in [0.2, 0.25) is 0 Å². The number of carbonyl (C=O) groups excluding carboxylic acids is 1. The molecule has 1 aromatic heterocycles. The van der Waals surface area contributed by atoms with Crippen LogP contribution in [-0.2, 0) is 6.42 Å². The van der Waals surface area contributed by atoms with Crippen LogP contribution in [0.3, 0.4) is 0 Å². The third kappa shape index (κ3) is 6.22. The van der Waals surface area contributed by atoms with E-state index in [2.05, 4.69) is 15.6 Å². The molecule has 4 nitrogen and oxygen atoms in total. The van der Waals surface area contributed by atoms with Crippen LogP contribution in [0.2, 0.25) is 0 Å². The molecule has 1 saturated heterocycles. The van der Waals surface area contributed by atoms with E-state index in [1.54, 1.807) is 23.6 Å². The highest BCUT2D eigenvalue weighted by Crippen LogP contribution is 2.17. The van der Waals surface area contributed by atoms with Gasteiger partial charge < -0.3 is 10.6 Å². The van der Waals surface area contributed by atoms with Crippen molar-refractivity contribution in [3.63, 3.8) is 0 Å². The molecule has 1 atom stereocenters. The maximum atomic E-state index is 13.6. The van der Waals surface area contributed by atoms with Crippen molar-refractivity contribution in [2.45, 2.75) is 19.3 Å². The van der Waals surface area contributed by atoms with Gasteiger partial charge in [0.1, 0.15) is 11.5 Å². The fourth-order valence-corrected chi connectivity index (χ4v) is 3.54. The van der Waals surface area contributed by atoms with E-state index >= 15 is 0 Å². The van der Waals surface area contributed by atoms with E-state index in [4.69, 9.17) is 0 Å². The molecule has 2 aromatic rings. The molecule has 3 rings (SSSR count). The molecular formula is C17H22Cl2FN3OS. The van der Waals surface area contributed by atoms with Crippen LogP contribution in [0, 0.1) is 11.7 Å². The molecule has 0 radical (unpaired) electrons. The Morgan fingerprint density at radius 2 is 2.16 bits per heavy atom. The summed E-state index contributed by atoms with van der Waals surface area (Å²) in [4.78, 5) is 16.4. The van der Waals surface area contributed by atoms with Gasteiger partial charge >= 0.3 is 0 Å². The normalized spacial score (nSPS) is 16.0. The van der Waals surface area contributed by atoms with Crippen molar-refractivity contribution >= 4 is 42.1 Å². The van der Waals surface area contributed by atoms with E-state index in [-0.39, 0.29) is 36.5 Å². The molecule has 8 heteroatoms. The number of halogens is 3. The first-order chi connectivity index (χ1) is 11.2. The molecule has 25 heavy (non-hydrogen) atoms. The summed E-state index contributed by atoms with van der Waals surface area (Å²) in [5.74, 6) is 0.271. The van der Waals surface area contributed by atoms with E-state index < -0.39 is 0 Å². The number of aromatic nitrogens is 1. The molecule has 1 fully saturated rings. The Hall–Kier alpha value is -1.21. The Morgan fingerprint density at radius 1 is 1.36 bits per heavy atom. The van der Waals surface area contributed by atoms with Crippen molar-refractivity contribution in [1.82, 2.24) is 15.6 Å². The lowest BCUT2D eigenvalue weighted by Crippen LogP contribution is -2.26. The first-order valence-corrected chi connectivity index (χ1v) is 8.77. The van der Waals surface area contributed by atoms with E-state index in [9.17, 15) is 9.18 Å². The largest absolute Gasteiger partial charge is 0.351 e. The van der Waals surface area contributed by atoms with Gasteiger partial charge in [0, 0.05) is 18.3 Å². The first-order valence-electron chi connectivity index (χ1n) is 7.89. The average Bonchev–Trinajstić information content (AvgIpc) is 3.21. The van der Waals surface area contributed by atoms with Gasteiger partial charge in [-0.05, 0) is 43.5 Å². The molecule has 0 spiro atoms. The average molecular weight is 406 g/mol. The number of nitrogens with zero attached hydrogens (tertiary/aromatic N) is 1. The van der Waals surface area contributed by atoms with Gasteiger partial charge in [-0.1, -0.05) is 18.2 Å². The van der Waals surface area contributed by atoms with Crippen LogP contribution in [0.5, 0.6) is 0 Å². The molecule has 1 aliphatic rings. The van der Waals surface area contributed by atoms with Gasteiger partial charge in [0.15, 0.2) is 0 Å². The molecule has 1 aliphatic heterocycles. The van der Waals surface area contributed by atoms with Crippen molar-refractivity contribution < 1.29 is 9.18 Å². The number of amides is 1. The Labute approximate surface area is 163 Å². The molecule has 0 bridgehead atoms. The summed E-state index contributed by atoms with van der Waals surface area (Å²) in [5.41, 5.74) is 1.02. The maximum Gasteiger partial charge on any atom is 0.270 e. The highest BCUT2D eigenvalue weighted by atomic mass is 35.5. The monoisotopic (exact) mass is 405 g/mol. The quantitative estimate of drug-likeness (QED) is 0.773. The van der Waals surface area contributed by atoms with Crippen LogP contribution in [0.1, 0.15) is 33.9 Å². The maximum absolute atomic E-state index is 13.6. The summed E-state index contributed by atoms with van der Waals surface area (Å²) in [6.07, 6.45) is 2.59. The highest BCUT2D eigenvalue weighted by molar-refractivity contribution is 7.09. The molecule has 2 N–H and O–H groups in total. The van der Waals surface area contributed by atoms with E-state index in [0.29, 0.717) is 30.1 Å². The van der Waals surface area contributed by atoms with Crippen molar-refractivity contribution in [2.75, 3.05) is 19.6 Å². The van der Waals surface area contributed by atoms with Crippen LogP contribution in [-0.4, -0.2) is 30.5 Å². The zero-order chi connectivity index (χ0) is 16.1. The van der Waals surface area contributed by atoms with E-state index in [1.165, 1.54) is 23.8 Å². The lowest BCUT2D eigenvalue weighted by molar-refractivity contribution is 0.0947. The third-order valence-corrected chi connectivity index (χ3v) is 4.93. The van der Waals surface area contributed by atoms with Crippen LogP contribution in [0.15, 0.2) is 29.6 Å². The third-order valence-electron chi connectivity index (χ3n) is 4.08. The summed E-state index contributed by atoms with van der Waals surface area (Å²) in [5, 5.41) is 8.73. The van der Waals surface area contributed by atoms with Crippen molar-refractivity contribution in [1.29, 1.82) is 0 Å². The van der Waals surface area contributed by atoms with Gasteiger partial charge in [0.05, 0.1) is 5.01 Å². The number of nitrogens with one attached hydrogen (secondary N) is 2. The van der Waals surface area contributed by atoms with Gasteiger partial charge in [-0.2, -0.15) is 0 Å². The summed E-state index contributed by atoms with van der Waals surface area (Å²) in [7, 11) is 0. The van der Waals surface area contributed by atoms with Crippen LogP contribution >= 0.6 is 36.2 Å². The second-order valence-electron chi connectivity index (χ2n) is 5.80. The summed E-state index contributed by atoms with van der Waals surface area (Å²) in [6.45, 7) is 2.79. The predicted octanol–water partition coefficient (Wildman–Crippen LogP) is 3.45. The summed E-state index contributed by atoms with van der Waals surface area (Å²) >= 11 is 1.39. The number of rotatable bonds is 6. The zero-order valence-electron chi connectivity index (χ0n) is 13.7. The molecule has 2 heterocycles. The molecule has 1 amide bonds. The Balaban J connectivity index is 0.00000156. The Morgan fingerprint density at radius 3 is 2.88 bits per heavy atom. The van der Waals surface area contributed by atoms with Gasteiger partial charge in [-0.3, -0.25) is 4.79 Å². The van der Waals surface area contributed by atoms with Crippen molar-refractivity contribution in [2.24, 2.45) is 5.92 Å². The fourth-order valence-electron chi connectivity index (χ4n) is 2.74. The van der Waals surface area contributed by atoms with Gasteiger partial charge in [0.25, 0.3) is 5.91 Å². The van der Waals surface area contributed by atoms with Crippen LogP contribution in [0.25, 0.3) is 0 Å². The molecule has 1 unspecified atom stereocenters. The Bertz CT molecular complexity index is 677. The lowest BCUT2D eigenvalue weighted by Gasteiger charge is -2.08. The fraction of sp³-hybridized carbons (Fsp3) is 0.412. The second-order valence-corrected chi connectivity index (χ2v) is 6.74. The molecule has 138 valence electrons. The van der Waals surface area contributed by atoms with Crippen LogP contribution < -0.4 is 10.6 Å². The summed E-state index contributed by atoms with van der Waals surface area (Å²) < 4.78 is 13.6. The molecule has 1 aromatic carbocycles. The Kier molecular flexibility index (Phi) is 9.35. The van der Waals surface area contributed by atoms with E-state index in [0.717, 1.165) is 24.5 Å². The SMILES string of the molecule is Cl.Cl.O=C(NCCC1CCNC1)c1csc(Cc2ccccc2F)n1. The van der Waals surface area contributed by atoms with Crippen molar-refractivity contribution in [3.8, 4) is 0 Å². The van der Waals surface area contributed by atoms with E-state index in [1.807, 2.05) is 0 Å². The molecule has 0 saturated carbocycles. The number of thiazole rings is 1. The molecular weight excluding hydrogens is 384 g/mol. The predicted molar refractivity (Wildman–Crippen MR) is 104 cm³/mol. The van der Waals surface area contributed by atoms with Crippen LogP contribution in [0.4, 0.5) is 4.39 Å². The van der Waals surface area contributed by atoms with Crippen molar-refractivity contribution in [3.05, 3.63) is 51.7 Å². The summed E-state index contributed by atoms with van der Waals surface area (Å²) in [6, 6.07) is 6.65. The van der Waals surface area contributed by atoms with Gasteiger partial charge in [-0.25, -0.2) is 9.37 Å². The second kappa shape index (κ2) is 10.7. The topological polar surface area (TPSA) is 54.0 Å². The number of benzene rings is 1. The smallest absolute Gasteiger partial charge is 0.270 e. The standard InChI is InChI=1S/C17H20FN3OS.2ClH/c18-14-4-2-1-3-13(14)9-16-21-15(11-23-16)17(22)20-8-6-12-5-7-19-10-12;;/h1-4,11-12,19H,5-10H2,(H,20,22);2*1H. The minimum atomic E-state index is -0.237. The molecule has 0 aliphatic carbocycles.